The maximum atomic E-state index is 14.0. The predicted molar refractivity (Wildman–Crippen MR) is 164 cm³/mol. The van der Waals surface area contributed by atoms with E-state index in [0.717, 1.165) is 9.87 Å². The van der Waals surface area contributed by atoms with Crippen LogP contribution < -0.4 is 9.62 Å². The van der Waals surface area contributed by atoms with Crippen LogP contribution in [0.25, 0.3) is 0 Å². The number of amides is 2. The topological polar surface area (TPSA) is 86.8 Å². The van der Waals surface area contributed by atoms with Crippen molar-refractivity contribution in [2.24, 2.45) is 0 Å². The van der Waals surface area contributed by atoms with Crippen molar-refractivity contribution in [1.82, 2.24) is 10.2 Å². The number of hydrogen-bond acceptors (Lipinski definition) is 4. The molecule has 0 aliphatic rings. The van der Waals surface area contributed by atoms with Crippen LogP contribution in [0.15, 0.2) is 76.1 Å². The molecular weight excluding hydrogens is 637 g/mol. The van der Waals surface area contributed by atoms with Gasteiger partial charge in [0.15, 0.2) is 0 Å². The molecule has 0 heterocycles. The molecule has 214 valence electrons. The maximum absolute atomic E-state index is 14.0. The molecule has 3 rings (SSSR count). The van der Waals surface area contributed by atoms with E-state index in [9.17, 15) is 18.0 Å². The largest absolute Gasteiger partial charge is 0.350 e. The van der Waals surface area contributed by atoms with Crippen molar-refractivity contribution < 1.29 is 18.0 Å². The Labute approximate surface area is 254 Å². The second-order valence-corrected chi connectivity index (χ2v) is 14.1. The van der Waals surface area contributed by atoms with Crippen molar-refractivity contribution in [3.8, 4) is 0 Å². The first kappa shape index (κ1) is 31.9. The van der Waals surface area contributed by atoms with Gasteiger partial charge in [-0.3, -0.25) is 13.9 Å². The minimum atomic E-state index is -4.15. The summed E-state index contributed by atoms with van der Waals surface area (Å²) in [6, 6.07) is 17.1. The first-order chi connectivity index (χ1) is 18.6. The molecule has 0 aliphatic heterocycles. The van der Waals surface area contributed by atoms with Crippen LogP contribution in [-0.4, -0.2) is 43.3 Å². The van der Waals surface area contributed by atoms with Crippen molar-refractivity contribution >= 4 is 66.7 Å². The molecule has 0 aromatic heterocycles. The summed E-state index contributed by atoms with van der Waals surface area (Å²) >= 11 is 15.7. The van der Waals surface area contributed by atoms with Crippen LogP contribution in [0.4, 0.5) is 5.69 Å². The lowest BCUT2D eigenvalue weighted by atomic mass is 10.1. The summed E-state index contributed by atoms with van der Waals surface area (Å²) in [6.07, 6.45) is 0. The summed E-state index contributed by atoms with van der Waals surface area (Å²) in [6.45, 7) is 8.45. The Balaban J connectivity index is 2.05. The van der Waals surface area contributed by atoms with E-state index in [1.165, 1.54) is 17.0 Å². The molecule has 11 heteroatoms. The zero-order chi connectivity index (χ0) is 29.8. The third-order valence-electron chi connectivity index (χ3n) is 5.99. The first-order valence-corrected chi connectivity index (χ1v) is 15.5. The van der Waals surface area contributed by atoms with Gasteiger partial charge < -0.3 is 10.2 Å². The Bertz CT molecular complexity index is 1490. The molecule has 0 aliphatic carbocycles. The monoisotopic (exact) mass is 667 g/mol. The second kappa shape index (κ2) is 12.9. The molecule has 3 aromatic rings. The third-order valence-corrected chi connectivity index (χ3v) is 9.01. The highest BCUT2D eigenvalue weighted by Crippen LogP contribution is 2.28. The predicted octanol–water partition coefficient (Wildman–Crippen LogP) is 6.59. The Morgan fingerprint density at radius 1 is 0.975 bits per heavy atom. The van der Waals surface area contributed by atoms with Crippen molar-refractivity contribution in [3.63, 3.8) is 0 Å². The summed E-state index contributed by atoms with van der Waals surface area (Å²) in [5.74, 6) is -0.949. The van der Waals surface area contributed by atoms with E-state index in [1.54, 1.807) is 61.5 Å². The van der Waals surface area contributed by atoms with Crippen molar-refractivity contribution in [3.05, 3.63) is 92.4 Å². The molecule has 0 saturated carbocycles. The normalized spacial score (nSPS) is 12.5. The number of halogens is 3. The van der Waals surface area contributed by atoms with Crippen LogP contribution in [0.3, 0.4) is 0 Å². The number of benzene rings is 3. The van der Waals surface area contributed by atoms with E-state index in [-0.39, 0.29) is 17.3 Å². The van der Waals surface area contributed by atoms with Gasteiger partial charge in [0.2, 0.25) is 11.8 Å². The molecule has 1 N–H and O–H groups in total. The number of aryl methyl sites for hydroxylation is 1. The van der Waals surface area contributed by atoms with E-state index in [0.29, 0.717) is 25.8 Å². The number of rotatable bonds is 9. The molecule has 0 bridgehead atoms. The minimum Gasteiger partial charge on any atom is -0.350 e. The van der Waals surface area contributed by atoms with E-state index >= 15 is 0 Å². The van der Waals surface area contributed by atoms with E-state index < -0.39 is 34.1 Å². The van der Waals surface area contributed by atoms with Gasteiger partial charge in [0, 0.05) is 16.6 Å². The number of carbonyl (C=O) groups is 2. The van der Waals surface area contributed by atoms with Crippen LogP contribution in [-0.2, 0) is 26.2 Å². The number of sulfonamides is 1. The standard InChI is InChI=1S/C29H32BrCl2N3O4S/c1-19-9-12-24(13-10-19)40(38,39)35(23-8-6-7-22(30)16-23)18-27(36)34(20(2)28(37)33-29(3,4)5)17-21-11-14-25(31)26(32)15-21/h6-16,20H,17-18H2,1-5H3,(H,33,37). The summed E-state index contributed by atoms with van der Waals surface area (Å²) in [7, 11) is -4.15. The molecule has 1 unspecified atom stereocenters. The van der Waals surface area contributed by atoms with Crippen molar-refractivity contribution in [2.45, 2.75) is 57.6 Å². The van der Waals surface area contributed by atoms with Gasteiger partial charge in [0.25, 0.3) is 10.0 Å². The zero-order valence-electron chi connectivity index (χ0n) is 22.9. The fourth-order valence-corrected chi connectivity index (χ4v) is 6.00. The average molecular weight is 669 g/mol. The Kier molecular flexibility index (Phi) is 10.3. The number of anilines is 1. The highest BCUT2D eigenvalue weighted by molar-refractivity contribution is 9.10. The molecular formula is C29H32BrCl2N3O4S. The second-order valence-electron chi connectivity index (χ2n) is 10.5. The van der Waals surface area contributed by atoms with Crippen LogP contribution in [0.1, 0.15) is 38.8 Å². The van der Waals surface area contributed by atoms with Crippen molar-refractivity contribution in [2.75, 3.05) is 10.8 Å². The number of nitrogens with one attached hydrogen (secondary N) is 1. The molecule has 3 aromatic carbocycles. The molecule has 40 heavy (non-hydrogen) atoms. The average Bonchev–Trinajstić information content (AvgIpc) is 2.86. The Hall–Kier alpha value is -2.59. The van der Waals surface area contributed by atoms with Gasteiger partial charge in [-0.05, 0) is 82.6 Å². The molecule has 1 atom stereocenters. The maximum Gasteiger partial charge on any atom is 0.264 e. The number of carbonyl (C=O) groups excluding carboxylic acids is 2. The zero-order valence-corrected chi connectivity index (χ0v) is 26.8. The quantitative estimate of drug-likeness (QED) is 0.279. The molecule has 7 nitrogen and oxygen atoms in total. The molecule has 0 radical (unpaired) electrons. The fourth-order valence-electron chi connectivity index (χ4n) is 3.89. The van der Waals surface area contributed by atoms with Gasteiger partial charge >= 0.3 is 0 Å². The van der Waals surface area contributed by atoms with Crippen molar-refractivity contribution in [1.29, 1.82) is 0 Å². The minimum absolute atomic E-state index is 0.00531. The number of nitrogens with zero attached hydrogens (tertiary/aromatic N) is 2. The Morgan fingerprint density at radius 3 is 2.20 bits per heavy atom. The van der Waals surface area contributed by atoms with Crippen LogP contribution >= 0.6 is 39.1 Å². The van der Waals surface area contributed by atoms with Gasteiger partial charge in [-0.2, -0.15) is 0 Å². The van der Waals surface area contributed by atoms with Gasteiger partial charge in [-0.1, -0.05) is 69.0 Å². The van der Waals surface area contributed by atoms with Crippen LogP contribution in [0.2, 0.25) is 10.0 Å². The fraction of sp³-hybridized carbons (Fsp3) is 0.310. The lowest BCUT2D eigenvalue weighted by Crippen LogP contribution is -2.54. The van der Waals surface area contributed by atoms with Gasteiger partial charge in [-0.25, -0.2) is 8.42 Å². The van der Waals surface area contributed by atoms with Gasteiger partial charge in [0.05, 0.1) is 20.6 Å². The molecule has 0 saturated heterocycles. The highest BCUT2D eigenvalue weighted by Gasteiger charge is 2.33. The lowest BCUT2D eigenvalue weighted by Gasteiger charge is -2.33. The van der Waals surface area contributed by atoms with E-state index in [2.05, 4.69) is 21.2 Å². The number of hydrogen-bond donors (Lipinski definition) is 1. The highest BCUT2D eigenvalue weighted by atomic mass is 79.9. The molecule has 0 fully saturated rings. The molecule has 0 spiro atoms. The van der Waals surface area contributed by atoms with Crippen LogP contribution in [0, 0.1) is 6.92 Å². The summed E-state index contributed by atoms with van der Waals surface area (Å²) in [4.78, 5) is 28.5. The summed E-state index contributed by atoms with van der Waals surface area (Å²) in [5.41, 5.74) is 1.29. The first-order valence-electron chi connectivity index (χ1n) is 12.5. The summed E-state index contributed by atoms with van der Waals surface area (Å²) < 4.78 is 29.4. The molecule has 2 amide bonds. The lowest BCUT2D eigenvalue weighted by molar-refractivity contribution is -0.140. The van der Waals surface area contributed by atoms with E-state index in [4.69, 9.17) is 23.2 Å². The van der Waals surface area contributed by atoms with Gasteiger partial charge in [0.1, 0.15) is 12.6 Å². The summed E-state index contributed by atoms with van der Waals surface area (Å²) in [5, 5.41) is 3.55. The van der Waals surface area contributed by atoms with Gasteiger partial charge in [-0.15, -0.1) is 0 Å². The Morgan fingerprint density at radius 2 is 1.62 bits per heavy atom. The van der Waals surface area contributed by atoms with E-state index in [1.807, 2.05) is 27.7 Å². The third kappa shape index (κ3) is 8.22. The smallest absolute Gasteiger partial charge is 0.264 e. The van der Waals surface area contributed by atoms with Crippen LogP contribution in [0.5, 0.6) is 0 Å². The SMILES string of the molecule is Cc1ccc(S(=O)(=O)N(CC(=O)N(Cc2ccc(Cl)c(Cl)c2)C(C)C(=O)NC(C)(C)C)c2cccc(Br)c2)cc1.